The molecule has 1 aromatic heterocycles. The van der Waals surface area contributed by atoms with Gasteiger partial charge in [-0.05, 0) is 38.8 Å². The van der Waals surface area contributed by atoms with E-state index in [1.54, 1.807) is 6.07 Å². The first-order chi connectivity index (χ1) is 13.3. The van der Waals surface area contributed by atoms with Crippen LogP contribution in [0.4, 0.5) is 4.79 Å². The van der Waals surface area contributed by atoms with Crippen molar-refractivity contribution < 1.29 is 19.1 Å². The van der Waals surface area contributed by atoms with Crippen molar-refractivity contribution in [2.24, 2.45) is 0 Å². The molecule has 2 N–H and O–H groups in total. The first-order valence-corrected chi connectivity index (χ1v) is 9.30. The number of carbonyl (C=O) groups excluding carboxylic acids is 3. The van der Waals surface area contributed by atoms with Crippen LogP contribution in [0.15, 0.2) is 36.4 Å². The van der Waals surface area contributed by atoms with E-state index in [9.17, 15) is 14.4 Å². The number of benzene rings is 1. The fourth-order valence-electron chi connectivity index (χ4n) is 2.75. The number of hydrogen-bond acceptors (Lipinski definition) is 4. The van der Waals surface area contributed by atoms with E-state index < -0.39 is 24.5 Å². The Hall–Kier alpha value is -3.09. The Bertz CT molecular complexity index is 843. The lowest BCUT2D eigenvalue weighted by Crippen LogP contribution is -2.44. The number of hydrogen-bond donors (Lipinski definition) is 2. The van der Waals surface area contributed by atoms with Crippen LogP contribution in [0.3, 0.4) is 0 Å². The number of nitrogens with zero attached hydrogens (tertiary/aromatic N) is 1. The van der Waals surface area contributed by atoms with Crippen LogP contribution in [0.1, 0.15) is 47.6 Å². The highest BCUT2D eigenvalue weighted by molar-refractivity contribution is 5.97. The van der Waals surface area contributed by atoms with Crippen LogP contribution in [0, 0.1) is 13.8 Å². The molecule has 0 aliphatic heterocycles. The average molecular weight is 385 g/mol. The Kier molecular flexibility index (Phi) is 7.37. The van der Waals surface area contributed by atoms with Gasteiger partial charge in [-0.3, -0.25) is 10.1 Å². The predicted octanol–water partition coefficient (Wildman–Crippen LogP) is 2.93. The number of rotatable bonds is 7. The first-order valence-electron chi connectivity index (χ1n) is 9.30. The summed E-state index contributed by atoms with van der Waals surface area (Å²) in [5, 5.41) is 4.75. The summed E-state index contributed by atoms with van der Waals surface area (Å²) >= 11 is 0. The van der Waals surface area contributed by atoms with E-state index in [-0.39, 0.29) is 6.04 Å². The molecule has 1 aromatic carbocycles. The lowest BCUT2D eigenvalue weighted by Gasteiger charge is -2.12. The van der Waals surface area contributed by atoms with Crippen LogP contribution in [-0.4, -0.2) is 35.1 Å². The Labute approximate surface area is 165 Å². The molecule has 0 aliphatic rings. The largest absolute Gasteiger partial charge is 0.452 e. The van der Waals surface area contributed by atoms with Crippen molar-refractivity contribution in [2.45, 2.75) is 46.7 Å². The summed E-state index contributed by atoms with van der Waals surface area (Å²) in [5.41, 5.74) is 3.22. The average Bonchev–Trinajstić information content (AvgIpc) is 2.95. The van der Waals surface area contributed by atoms with Gasteiger partial charge in [0.05, 0.1) is 5.56 Å². The summed E-state index contributed by atoms with van der Waals surface area (Å²) in [6, 6.07) is 11.0. The highest BCUT2D eigenvalue weighted by Crippen LogP contribution is 2.18. The third-order valence-corrected chi connectivity index (χ3v) is 4.55. The van der Waals surface area contributed by atoms with Gasteiger partial charge in [-0.25, -0.2) is 9.59 Å². The molecule has 0 saturated carbocycles. The lowest BCUT2D eigenvalue weighted by atomic mass is 10.2. The van der Waals surface area contributed by atoms with Gasteiger partial charge in [0.1, 0.15) is 0 Å². The molecule has 0 radical (unpaired) electrons. The summed E-state index contributed by atoms with van der Waals surface area (Å²) in [5.74, 6) is -1.27. The van der Waals surface area contributed by atoms with Crippen molar-refractivity contribution in [2.75, 3.05) is 6.61 Å². The number of aromatic nitrogens is 1. The van der Waals surface area contributed by atoms with E-state index in [2.05, 4.69) is 10.6 Å². The monoisotopic (exact) mass is 385 g/mol. The highest BCUT2D eigenvalue weighted by Gasteiger charge is 2.19. The molecule has 0 spiro atoms. The maximum Gasteiger partial charge on any atom is 0.340 e. The number of ether oxygens (including phenoxy) is 1. The molecule has 2 aromatic rings. The van der Waals surface area contributed by atoms with Gasteiger partial charge >= 0.3 is 12.0 Å². The molecule has 7 nitrogen and oxygen atoms in total. The highest BCUT2D eigenvalue weighted by atomic mass is 16.5. The maximum atomic E-state index is 12.4. The van der Waals surface area contributed by atoms with Crippen molar-refractivity contribution in [3.05, 3.63) is 58.9 Å². The molecule has 1 atom stereocenters. The Morgan fingerprint density at radius 1 is 1.14 bits per heavy atom. The number of carbonyl (C=O) groups is 3. The molecule has 3 amide bonds. The van der Waals surface area contributed by atoms with Crippen LogP contribution in [0.2, 0.25) is 0 Å². The molecule has 2 rings (SSSR count). The van der Waals surface area contributed by atoms with Gasteiger partial charge in [0.25, 0.3) is 5.91 Å². The van der Waals surface area contributed by atoms with E-state index in [1.807, 2.05) is 62.6 Å². The molecule has 28 heavy (non-hydrogen) atoms. The minimum Gasteiger partial charge on any atom is -0.452 e. The van der Waals surface area contributed by atoms with Crippen LogP contribution >= 0.6 is 0 Å². The van der Waals surface area contributed by atoms with E-state index in [4.69, 9.17) is 4.74 Å². The van der Waals surface area contributed by atoms with Gasteiger partial charge in [0.2, 0.25) is 0 Å². The topological polar surface area (TPSA) is 89.4 Å². The van der Waals surface area contributed by atoms with Gasteiger partial charge < -0.3 is 14.6 Å². The molecule has 150 valence electrons. The second-order valence-corrected chi connectivity index (χ2v) is 6.76. The van der Waals surface area contributed by atoms with Gasteiger partial charge in [0.15, 0.2) is 6.61 Å². The first kappa shape index (κ1) is 21.2. The summed E-state index contributed by atoms with van der Waals surface area (Å²) in [4.78, 5) is 35.8. The van der Waals surface area contributed by atoms with E-state index in [0.717, 1.165) is 23.4 Å². The molecule has 0 fully saturated rings. The quantitative estimate of drug-likeness (QED) is 0.717. The van der Waals surface area contributed by atoms with Crippen LogP contribution < -0.4 is 10.6 Å². The van der Waals surface area contributed by atoms with Gasteiger partial charge in [-0.1, -0.05) is 37.3 Å². The summed E-state index contributed by atoms with van der Waals surface area (Å²) in [7, 11) is 0. The van der Waals surface area contributed by atoms with Crippen molar-refractivity contribution in [3.63, 3.8) is 0 Å². The number of aryl methyl sites for hydroxylation is 1. The van der Waals surface area contributed by atoms with Gasteiger partial charge in [0, 0.05) is 24.0 Å². The van der Waals surface area contributed by atoms with Gasteiger partial charge in [-0.2, -0.15) is 0 Å². The minimum absolute atomic E-state index is 0.0506. The smallest absolute Gasteiger partial charge is 0.340 e. The zero-order chi connectivity index (χ0) is 20.7. The molecule has 0 aliphatic carbocycles. The molecule has 0 bridgehead atoms. The SMILES string of the molecule is CC[C@@H](C)NC(=O)NC(=O)COC(=O)c1cc(C)n(Cc2ccccc2)c1C. The molecular weight excluding hydrogens is 358 g/mol. The Morgan fingerprint density at radius 2 is 1.82 bits per heavy atom. The zero-order valence-electron chi connectivity index (χ0n) is 16.7. The van der Waals surface area contributed by atoms with Gasteiger partial charge in [-0.15, -0.1) is 0 Å². The predicted molar refractivity (Wildman–Crippen MR) is 106 cm³/mol. The number of urea groups is 1. The maximum absolute atomic E-state index is 12.4. The van der Waals surface area contributed by atoms with Crippen molar-refractivity contribution in [3.8, 4) is 0 Å². The fourth-order valence-corrected chi connectivity index (χ4v) is 2.75. The normalized spacial score (nSPS) is 11.6. The van der Waals surface area contributed by atoms with E-state index in [0.29, 0.717) is 12.1 Å². The number of nitrogens with one attached hydrogen (secondary N) is 2. The summed E-state index contributed by atoms with van der Waals surface area (Å²) < 4.78 is 7.10. The zero-order valence-corrected chi connectivity index (χ0v) is 16.7. The second-order valence-electron chi connectivity index (χ2n) is 6.76. The summed E-state index contributed by atoms with van der Waals surface area (Å²) in [6.45, 7) is 7.63. The molecule has 0 saturated heterocycles. The third kappa shape index (κ3) is 5.70. The number of amides is 3. The molecular formula is C21H27N3O4. The fraction of sp³-hybridized carbons (Fsp3) is 0.381. The van der Waals surface area contributed by atoms with E-state index in [1.165, 1.54) is 0 Å². The van der Waals surface area contributed by atoms with Crippen LogP contribution in [0.5, 0.6) is 0 Å². The van der Waals surface area contributed by atoms with Crippen LogP contribution in [-0.2, 0) is 16.1 Å². The van der Waals surface area contributed by atoms with E-state index >= 15 is 0 Å². The number of esters is 1. The third-order valence-electron chi connectivity index (χ3n) is 4.55. The lowest BCUT2D eigenvalue weighted by molar-refractivity contribution is -0.123. The van der Waals surface area contributed by atoms with Crippen LogP contribution in [0.25, 0.3) is 0 Å². The second kappa shape index (κ2) is 9.73. The molecule has 1 heterocycles. The molecule has 0 unspecified atom stereocenters. The Balaban J connectivity index is 1.95. The van der Waals surface area contributed by atoms with Crippen molar-refractivity contribution in [1.29, 1.82) is 0 Å². The standard InChI is InChI=1S/C21H27N3O4/c1-5-14(2)22-21(27)23-19(25)13-28-20(26)18-11-15(3)24(16(18)4)12-17-9-7-6-8-10-17/h6-11,14H,5,12-13H2,1-4H3,(H2,22,23,25,27)/t14-/m1/s1. The van der Waals surface area contributed by atoms with Crippen molar-refractivity contribution in [1.82, 2.24) is 15.2 Å². The summed E-state index contributed by atoms with van der Waals surface area (Å²) in [6.07, 6.45) is 0.745. The number of imide groups is 1. The molecule has 7 heteroatoms. The Morgan fingerprint density at radius 3 is 2.46 bits per heavy atom. The minimum atomic E-state index is -0.674. The van der Waals surface area contributed by atoms with Crippen molar-refractivity contribution >= 4 is 17.9 Å².